The predicted molar refractivity (Wildman–Crippen MR) is 80.9 cm³/mol. The highest BCUT2D eigenvalue weighted by molar-refractivity contribution is 5.84. The fourth-order valence-electron chi connectivity index (χ4n) is 4.60. The van der Waals surface area contributed by atoms with Gasteiger partial charge < -0.3 is 9.64 Å². The van der Waals surface area contributed by atoms with Crippen LogP contribution in [-0.4, -0.2) is 36.1 Å². The molecule has 5 atom stereocenters. The van der Waals surface area contributed by atoms with E-state index in [0.29, 0.717) is 30.0 Å². The molecule has 3 fully saturated rings. The Morgan fingerprint density at radius 3 is 2.38 bits per heavy atom. The highest BCUT2D eigenvalue weighted by atomic mass is 16.5. The number of amides is 1. The number of ether oxygens (including phenoxy) is 1. The maximum Gasteiger partial charge on any atom is 0.230 e. The maximum atomic E-state index is 12.9. The van der Waals surface area contributed by atoms with E-state index in [-0.39, 0.29) is 5.92 Å². The molecule has 2 bridgehead atoms. The Balaban J connectivity index is 1.50. The lowest BCUT2D eigenvalue weighted by molar-refractivity contribution is -0.132. The highest BCUT2D eigenvalue weighted by Crippen LogP contribution is 2.47. The Morgan fingerprint density at radius 1 is 1.19 bits per heavy atom. The van der Waals surface area contributed by atoms with Gasteiger partial charge in [-0.05, 0) is 24.8 Å². The lowest BCUT2D eigenvalue weighted by Crippen LogP contribution is -2.35. The lowest BCUT2D eigenvalue weighted by atomic mass is 9.82. The molecule has 0 aliphatic carbocycles. The van der Waals surface area contributed by atoms with Crippen molar-refractivity contribution < 1.29 is 9.53 Å². The number of hydrogen-bond acceptors (Lipinski definition) is 2. The Bertz CT molecular complexity index is 511. The van der Waals surface area contributed by atoms with Crippen LogP contribution in [0, 0.1) is 11.8 Å². The number of carbonyl (C=O) groups is 1. The number of fused-ring (bicyclic) bond motifs is 5. The molecule has 3 heteroatoms. The first-order chi connectivity index (χ1) is 10.3. The number of nitrogens with zero attached hydrogens (tertiary/aromatic N) is 1. The molecule has 1 amide bonds. The number of rotatable bonds is 3. The minimum Gasteiger partial charge on any atom is -0.374 e. The summed E-state index contributed by atoms with van der Waals surface area (Å²) in [6.45, 7) is 3.93. The minimum atomic E-state index is 0.0172. The van der Waals surface area contributed by atoms with Gasteiger partial charge in [0, 0.05) is 24.9 Å². The van der Waals surface area contributed by atoms with Crippen LogP contribution in [0.25, 0.3) is 0 Å². The predicted octanol–water partition coefficient (Wildman–Crippen LogP) is 2.82. The van der Waals surface area contributed by atoms with Crippen LogP contribution in [0.2, 0.25) is 0 Å². The molecule has 3 heterocycles. The fraction of sp³-hybridized carbons (Fsp3) is 0.611. The van der Waals surface area contributed by atoms with E-state index in [9.17, 15) is 4.79 Å². The first-order valence-corrected chi connectivity index (χ1v) is 8.27. The van der Waals surface area contributed by atoms with Crippen LogP contribution in [-0.2, 0) is 9.53 Å². The van der Waals surface area contributed by atoms with Crippen molar-refractivity contribution in [1.29, 1.82) is 0 Å². The summed E-state index contributed by atoms with van der Waals surface area (Å²) in [5, 5.41) is 0. The smallest absolute Gasteiger partial charge is 0.230 e. The number of carbonyl (C=O) groups excluding carboxylic acids is 1. The van der Waals surface area contributed by atoms with E-state index in [0.717, 1.165) is 25.1 Å². The summed E-state index contributed by atoms with van der Waals surface area (Å²) < 4.78 is 6.00. The normalized spacial score (nSPS) is 35.0. The number of benzene rings is 1. The largest absolute Gasteiger partial charge is 0.374 e. The summed E-state index contributed by atoms with van der Waals surface area (Å²) in [5.74, 6) is 1.53. The van der Waals surface area contributed by atoms with E-state index in [2.05, 4.69) is 24.0 Å². The van der Waals surface area contributed by atoms with E-state index in [4.69, 9.17) is 4.74 Å². The third kappa shape index (κ3) is 2.10. The van der Waals surface area contributed by atoms with Gasteiger partial charge in [-0.3, -0.25) is 4.79 Å². The average Bonchev–Trinajstić information content (AvgIpc) is 3.21. The fourth-order valence-corrected chi connectivity index (χ4v) is 4.60. The second-order valence-corrected chi connectivity index (χ2v) is 6.73. The van der Waals surface area contributed by atoms with Crippen molar-refractivity contribution in [3.63, 3.8) is 0 Å². The van der Waals surface area contributed by atoms with Gasteiger partial charge in [0.2, 0.25) is 5.91 Å². The molecular weight excluding hydrogens is 262 g/mol. The monoisotopic (exact) mass is 285 g/mol. The van der Waals surface area contributed by atoms with Gasteiger partial charge in [0.1, 0.15) is 0 Å². The first kappa shape index (κ1) is 13.3. The van der Waals surface area contributed by atoms with Crippen molar-refractivity contribution in [2.75, 3.05) is 13.1 Å². The number of hydrogen-bond donors (Lipinski definition) is 0. The van der Waals surface area contributed by atoms with E-state index >= 15 is 0 Å². The van der Waals surface area contributed by atoms with E-state index in [1.807, 2.05) is 18.2 Å². The Morgan fingerprint density at radius 2 is 1.81 bits per heavy atom. The van der Waals surface area contributed by atoms with Gasteiger partial charge in [0.05, 0.1) is 18.1 Å². The number of likely N-dealkylation sites (tertiary alicyclic amines) is 1. The second-order valence-electron chi connectivity index (χ2n) is 6.73. The standard InChI is InChI=1S/C18H23NO2/c1-2-13(12-6-4-3-5-7-12)18(20)19-10-14-15(11-19)17-9-8-16(14)21-17/h3-7,13-17H,2,8-11H2,1H3. The molecule has 5 unspecified atom stereocenters. The van der Waals surface area contributed by atoms with Crippen LogP contribution in [0.4, 0.5) is 0 Å². The van der Waals surface area contributed by atoms with E-state index < -0.39 is 0 Å². The van der Waals surface area contributed by atoms with Crippen molar-refractivity contribution in [2.24, 2.45) is 11.8 Å². The molecule has 0 radical (unpaired) electrons. The molecule has 0 aromatic heterocycles. The Kier molecular flexibility index (Phi) is 3.26. The lowest BCUT2D eigenvalue weighted by Gasteiger charge is -2.24. The van der Waals surface area contributed by atoms with Crippen LogP contribution in [0.5, 0.6) is 0 Å². The molecular formula is C18H23NO2. The van der Waals surface area contributed by atoms with Crippen molar-refractivity contribution in [2.45, 2.75) is 44.3 Å². The van der Waals surface area contributed by atoms with E-state index in [1.54, 1.807) is 0 Å². The van der Waals surface area contributed by atoms with Crippen LogP contribution in [0.3, 0.4) is 0 Å². The maximum absolute atomic E-state index is 12.9. The van der Waals surface area contributed by atoms with Crippen LogP contribution >= 0.6 is 0 Å². The zero-order valence-electron chi connectivity index (χ0n) is 12.6. The highest BCUT2D eigenvalue weighted by Gasteiger charge is 2.54. The van der Waals surface area contributed by atoms with Gasteiger partial charge in [-0.2, -0.15) is 0 Å². The summed E-state index contributed by atoms with van der Waals surface area (Å²) in [4.78, 5) is 15.0. The molecule has 3 aliphatic rings. The summed E-state index contributed by atoms with van der Waals surface area (Å²) in [6, 6.07) is 10.2. The third-order valence-electron chi connectivity index (χ3n) is 5.67. The van der Waals surface area contributed by atoms with Crippen molar-refractivity contribution >= 4 is 5.91 Å². The van der Waals surface area contributed by atoms with Crippen LogP contribution < -0.4 is 0 Å². The van der Waals surface area contributed by atoms with Gasteiger partial charge in [0.15, 0.2) is 0 Å². The van der Waals surface area contributed by atoms with Crippen LogP contribution in [0.15, 0.2) is 30.3 Å². The molecule has 3 saturated heterocycles. The summed E-state index contributed by atoms with van der Waals surface area (Å²) in [6.07, 6.45) is 4.12. The molecule has 1 aromatic rings. The second kappa shape index (κ2) is 5.13. The molecule has 0 saturated carbocycles. The molecule has 3 nitrogen and oxygen atoms in total. The summed E-state index contributed by atoms with van der Waals surface area (Å²) in [5.41, 5.74) is 1.15. The summed E-state index contributed by atoms with van der Waals surface area (Å²) in [7, 11) is 0. The SMILES string of the molecule is CCC(C(=O)N1CC2C3CCC(O3)C2C1)c1ccccc1. The zero-order chi connectivity index (χ0) is 14.4. The van der Waals surface area contributed by atoms with Crippen LogP contribution in [0.1, 0.15) is 37.7 Å². The Labute approximate surface area is 126 Å². The van der Waals surface area contributed by atoms with Crippen molar-refractivity contribution in [3.8, 4) is 0 Å². The molecule has 4 rings (SSSR count). The van der Waals surface area contributed by atoms with Gasteiger partial charge in [-0.15, -0.1) is 0 Å². The Hall–Kier alpha value is -1.35. The molecule has 0 spiro atoms. The summed E-state index contributed by atoms with van der Waals surface area (Å²) >= 11 is 0. The van der Waals surface area contributed by atoms with Gasteiger partial charge in [0.25, 0.3) is 0 Å². The first-order valence-electron chi connectivity index (χ1n) is 8.27. The van der Waals surface area contributed by atoms with Gasteiger partial charge in [-0.25, -0.2) is 0 Å². The molecule has 1 aromatic carbocycles. The topological polar surface area (TPSA) is 29.5 Å². The van der Waals surface area contributed by atoms with Gasteiger partial charge >= 0.3 is 0 Å². The molecule has 3 aliphatic heterocycles. The third-order valence-corrected chi connectivity index (χ3v) is 5.67. The van der Waals surface area contributed by atoms with Crippen molar-refractivity contribution in [1.82, 2.24) is 4.90 Å². The zero-order valence-corrected chi connectivity index (χ0v) is 12.6. The van der Waals surface area contributed by atoms with E-state index in [1.165, 1.54) is 12.8 Å². The quantitative estimate of drug-likeness (QED) is 0.854. The minimum absolute atomic E-state index is 0.0172. The molecule has 112 valence electrons. The molecule has 21 heavy (non-hydrogen) atoms. The molecule has 0 N–H and O–H groups in total. The van der Waals surface area contributed by atoms with Crippen molar-refractivity contribution in [3.05, 3.63) is 35.9 Å². The average molecular weight is 285 g/mol. The van der Waals surface area contributed by atoms with Gasteiger partial charge in [-0.1, -0.05) is 37.3 Å².